The molecule has 1 aliphatic heterocycles. The van der Waals surface area contributed by atoms with Crippen molar-refractivity contribution in [3.63, 3.8) is 0 Å². The Balaban J connectivity index is 1.95. The van der Waals surface area contributed by atoms with E-state index in [1.165, 1.54) is 45.2 Å². The zero-order valence-corrected chi connectivity index (χ0v) is 7.86. The Bertz CT molecular complexity index is 129. The van der Waals surface area contributed by atoms with Gasteiger partial charge in [0, 0.05) is 26.2 Å². The predicted octanol–water partition coefficient (Wildman–Crippen LogP) is 1.13. The fourth-order valence-corrected chi connectivity index (χ4v) is 2.60. The summed E-state index contributed by atoms with van der Waals surface area (Å²) in [4.78, 5) is 0. The zero-order valence-electron chi connectivity index (χ0n) is 7.86. The summed E-state index contributed by atoms with van der Waals surface area (Å²) < 4.78 is 0. The molecule has 1 saturated heterocycles. The van der Waals surface area contributed by atoms with Crippen LogP contribution in [0.25, 0.3) is 0 Å². The van der Waals surface area contributed by atoms with Crippen LogP contribution in [0.2, 0.25) is 0 Å². The molecule has 2 heteroatoms. The molecule has 1 aliphatic carbocycles. The quantitative estimate of drug-likeness (QED) is 0.566. The van der Waals surface area contributed by atoms with Gasteiger partial charge in [0.2, 0.25) is 0 Å². The van der Waals surface area contributed by atoms with Gasteiger partial charge in [-0.05, 0) is 18.3 Å². The molecule has 2 rings (SSSR count). The van der Waals surface area contributed by atoms with E-state index in [0.717, 1.165) is 13.1 Å². The highest BCUT2D eigenvalue weighted by Gasteiger charge is 2.31. The zero-order chi connectivity index (χ0) is 8.28. The Morgan fingerprint density at radius 1 is 0.750 bits per heavy atom. The summed E-state index contributed by atoms with van der Waals surface area (Å²) in [5.41, 5.74) is 0.620. The molecule has 0 aromatic rings. The van der Waals surface area contributed by atoms with Crippen LogP contribution in [-0.4, -0.2) is 26.2 Å². The molecule has 0 aromatic heterocycles. The van der Waals surface area contributed by atoms with Crippen molar-refractivity contribution in [1.29, 1.82) is 0 Å². The van der Waals surface area contributed by atoms with Gasteiger partial charge < -0.3 is 10.6 Å². The van der Waals surface area contributed by atoms with Crippen molar-refractivity contribution in [2.24, 2.45) is 5.41 Å². The first-order valence-electron chi connectivity index (χ1n) is 5.33. The molecule has 2 nitrogen and oxygen atoms in total. The van der Waals surface area contributed by atoms with E-state index < -0.39 is 0 Å². The van der Waals surface area contributed by atoms with E-state index in [1.54, 1.807) is 0 Å². The van der Waals surface area contributed by atoms with Crippen molar-refractivity contribution in [3.05, 3.63) is 0 Å². The van der Waals surface area contributed by atoms with Crippen molar-refractivity contribution in [1.82, 2.24) is 10.6 Å². The van der Waals surface area contributed by atoms with Crippen LogP contribution in [0.3, 0.4) is 0 Å². The molecule has 12 heavy (non-hydrogen) atoms. The van der Waals surface area contributed by atoms with E-state index >= 15 is 0 Å². The smallest absolute Gasteiger partial charge is 0.00769 e. The lowest BCUT2D eigenvalue weighted by Crippen LogP contribution is -2.39. The van der Waals surface area contributed by atoms with Gasteiger partial charge in [0.25, 0.3) is 0 Å². The molecule has 2 N–H and O–H groups in total. The fraction of sp³-hybridized carbons (Fsp3) is 1.00. The second kappa shape index (κ2) is 3.75. The second-order valence-corrected chi connectivity index (χ2v) is 4.41. The van der Waals surface area contributed by atoms with E-state index in [4.69, 9.17) is 0 Å². The average Bonchev–Trinajstić information content (AvgIpc) is 2.33. The van der Waals surface area contributed by atoms with Crippen LogP contribution in [0.1, 0.15) is 32.1 Å². The van der Waals surface area contributed by atoms with Crippen molar-refractivity contribution < 1.29 is 0 Å². The van der Waals surface area contributed by atoms with Crippen molar-refractivity contribution in [2.45, 2.75) is 32.1 Å². The molecule has 2 fully saturated rings. The Morgan fingerprint density at radius 2 is 1.33 bits per heavy atom. The van der Waals surface area contributed by atoms with E-state index in [2.05, 4.69) is 10.6 Å². The third-order valence-corrected chi connectivity index (χ3v) is 3.39. The van der Waals surface area contributed by atoms with Gasteiger partial charge >= 0.3 is 0 Å². The SMILES string of the molecule is C1CCC2(CC1)CNCCNC2. The Kier molecular flexibility index (Phi) is 2.66. The van der Waals surface area contributed by atoms with Crippen LogP contribution in [0.5, 0.6) is 0 Å². The maximum atomic E-state index is 3.55. The standard InChI is InChI=1S/C10H20N2/c1-2-4-10(5-3-1)8-11-6-7-12-9-10/h11-12H,1-9H2. The lowest BCUT2D eigenvalue weighted by atomic mass is 9.74. The number of rotatable bonds is 0. The van der Waals surface area contributed by atoms with E-state index in [9.17, 15) is 0 Å². The van der Waals surface area contributed by atoms with Gasteiger partial charge in [0.05, 0.1) is 0 Å². The molecule has 1 spiro atoms. The van der Waals surface area contributed by atoms with Gasteiger partial charge in [-0.25, -0.2) is 0 Å². The summed E-state index contributed by atoms with van der Waals surface area (Å²) >= 11 is 0. The van der Waals surface area contributed by atoms with E-state index in [-0.39, 0.29) is 0 Å². The molecule has 0 bridgehead atoms. The van der Waals surface area contributed by atoms with Crippen molar-refractivity contribution >= 4 is 0 Å². The van der Waals surface area contributed by atoms with E-state index in [0.29, 0.717) is 5.41 Å². The lowest BCUT2D eigenvalue weighted by Gasteiger charge is -2.36. The fourth-order valence-electron chi connectivity index (χ4n) is 2.60. The van der Waals surface area contributed by atoms with Gasteiger partial charge in [-0.1, -0.05) is 19.3 Å². The van der Waals surface area contributed by atoms with Crippen LogP contribution < -0.4 is 10.6 Å². The molecule has 70 valence electrons. The third kappa shape index (κ3) is 1.80. The molecule has 0 amide bonds. The molecule has 0 radical (unpaired) electrons. The topological polar surface area (TPSA) is 24.1 Å². The minimum Gasteiger partial charge on any atom is -0.315 e. The molecular weight excluding hydrogens is 148 g/mol. The van der Waals surface area contributed by atoms with Crippen LogP contribution in [0.4, 0.5) is 0 Å². The molecule has 0 atom stereocenters. The van der Waals surface area contributed by atoms with Gasteiger partial charge in [0.1, 0.15) is 0 Å². The Morgan fingerprint density at radius 3 is 1.92 bits per heavy atom. The highest BCUT2D eigenvalue weighted by atomic mass is 15.0. The number of hydrogen-bond acceptors (Lipinski definition) is 2. The summed E-state index contributed by atoms with van der Waals surface area (Å²) in [6.45, 7) is 4.81. The third-order valence-electron chi connectivity index (χ3n) is 3.39. The van der Waals surface area contributed by atoms with Gasteiger partial charge in [-0.2, -0.15) is 0 Å². The van der Waals surface area contributed by atoms with Gasteiger partial charge in [-0.3, -0.25) is 0 Å². The maximum Gasteiger partial charge on any atom is 0.00769 e. The molecule has 0 aromatic carbocycles. The average molecular weight is 168 g/mol. The normalized spacial score (nSPS) is 30.0. The monoisotopic (exact) mass is 168 g/mol. The first-order chi connectivity index (χ1) is 5.91. The predicted molar refractivity (Wildman–Crippen MR) is 51.3 cm³/mol. The summed E-state index contributed by atoms with van der Waals surface area (Å²) in [5, 5.41) is 7.09. The van der Waals surface area contributed by atoms with Crippen LogP contribution in [0.15, 0.2) is 0 Å². The minimum atomic E-state index is 0.620. The molecular formula is C10H20N2. The summed E-state index contributed by atoms with van der Waals surface area (Å²) in [7, 11) is 0. The van der Waals surface area contributed by atoms with Gasteiger partial charge in [-0.15, -0.1) is 0 Å². The minimum absolute atomic E-state index is 0.620. The van der Waals surface area contributed by atoms with Crippen LogP contribution in [0, 0.1) is 5.41 Å². The maximum absolute atomic E-state index is 3.55. The highest BCUT2D eigenvalue weighted by Crippen LogP contribution is 2.35. The Labute approximate surface area is 75.1 Å². The summed E-state index contributed by atoms with van der Waals surface area (Å²) in [5.74, 6) is 0. The van der Waals surface area contributed by atoms with Crippen LogP contribution >= 0.6 is 0 Å². The second-order valence-electron chi connectivity index (χ2n) is 4.41. The molecule has 2 aliphatic rings. The van der Waals surface area contributed by atoms with Crippen molar-refractivity contribution in [2.75, 3.05) is 26.2 Å². The van der Waals surface area contributed by atoms with Crippen molar-refractivity contribution in [3.8, 4) is 0 Å². The largest absolute Gasteiger partial charge is 0.315 e. The first kappa shape index (κ1) is 8.52. The summed E-state index contributed by atoms with van der Waals surface area (Å²) in [6, 6.07) is 0. The molecule has 0 unspecified atom stereocenters. The van der Waals surface area contributed by atoms with Gasteiger partial charge in [0.15, 0.2) is 0 Å². The Hall–Kier alpha value is -0.0800. The van der Waals surface area contributed by atoms with E-state index in [1.807, 2.05) is 0 Å². The number of nitrogens with one attached hydrogen (secondary N) is 2. The molecule has 1 saturated carbocycles. The first-order valence-corrected chi connectivity index (χ1v) is 5.33. The number of hydrogen-bond donors (Lipinski definition) is 2. The van der Waals surface area contributed by atoms with Crippen LogP contribution in [-0.2, 0) is 0 Å². The summed E-state index contributed by atoms with van der Waals surface area (Å²) in [6.07, 6.45) is 7.23. The molecule has 1 heterocycles. The highest BCUT2D eigenvalue weighted by molar-refractivity contribution is 4.88. The lowest BCUT2D eigenvalue weighted by molar-refractivity contribution is 0.191.